The number of rotatable bonds is 4. The highest BCUT2D eigenvalue weighted by Gasteiger charge is 2.22. The molecule has 2 rings (SSSR count). The summed E-state index contributed by atoms with van der Waals surface area (Å²) in [7, 11) is 0. The molecule has 0 bridgehead atoms. The van der Waals surface area contributed by atoms with E-state index >= 15 is 0 Å². The fraction of sp³-hybridized carbons (Fsp3) is 0.583. The van der Waals surface area contributed by atoms with Gasteiger partial charge in [0.2, 0.25) is 5.91 Å². The summed E-state index contributed by atoms with van der Waals surface area (Å²) in [4.78, 5) is 30.4. The van der Waals surface area contributed by atoms with E-state index < -0.39 is 12.4 Å². The van der Waals surface area contributed by atoms with Crippen LogP contribution in [0.3, 0.4) is 0 Å². The van der Waals surface area contributed by atoms with Crippen molar-refractivity contribution in [2.24, 2.45) is 0 Å². The normalized spacial score (nSPS) is 16.6. The zero-order valence-corrected chi connectivity index (χ0v) is 11.7. The number of nitrogens with zero attached hydrogens (tertiary/aromatic N) is 3. The van der Waals surface area contributed by atoms with Crippen LogP contribution >= 0.6 is 11.3 Å². The lowest BCUT2D eigenvalue weighted by Gasteiger charge is -2.34. The number of carboxylic acids is 1. The predicted molar refractivity (Wildman–Crippen MR) is 71.0 cm³/mol. The number of aromatic nitrogens is 1. The standard InChI is InChI=1S/C12H17N3O3S/c1-9-13-10(8-19-9)7-14-2-4-15(5-3-14)11(16)6-12(17)18/h8H,2-7H2,1H3,(H,17,18). The third kappa shape index (κ3) is 4.00. The van der Waals surface area contributed by atoms with Crippen molar-refractivity contribution in [2.45, 2.75) is 19.9 Å². The van der Waals surface area contributed by atoms with Crippen LogP contribution in [-0.4, -0.2) is 57.9 Å². The van der Waals surface area contributed by atoms with Crippen molar-refractivity contribution in [3.8, 4) is 0 Å². The van der Waals surface area contributed by atoms with E-state index in [1.807, 2.05) is 6.92 Å². The second-order valence-electron chi connectivity index (χ2n) is 4.59. The SMILES string of the molecule is Cc1nc(CN2CCN(C(=O)CC(=O)O)CC2)cs1. The summed E-state index contributed by atoms with van der Waals surface area (Å²) in [5.41, 5.74) is 1.06. The second kappa shape index (κ2) is 6.12. The topological polar surface area (TPSA) is 73.7 Å². The van der Waals surface area contributed by atoms with Crippen LogP contribution in [0.15, 0.2) is 5.38 Å². The number of carboxylic acid groups (broad SMARTS) is 1. The van der Waals surface area contributed by atoms with Crippen LogP contribution in [0.4, 0.5) is 0 Å². The highest BCUT2D eigenvalue weighted by molar-refractivity contribution is 7.09. The van der Waals surface area contributed by atoms with Gasteiger partial charge >= 0.3 is 5.97 Å². The molecule has 0 aliphatic carbocycles. The molecule has 0 aromatic carbocycles. The maximum Gasteiger partial charge on any atom is 0.312 e. The lowest BCUT2D eigenvalue weighted by Crippen LogP contribution is -2.48. The van der Waals surface area contributed by atoms with Gasteiger partial charge in [-0.1, -0.05) is 0 Å². The van der Waals surface area contributed by atoms with Crippen molar-refractivity contribution >= 4 is 23.2 Å². The summed E-state index contributed by atoms with van der Waals surface area (Å²) in [6, 6.07) is 0. The van der Waals surface area contributed by atoms with Gasteiger partial charge in [-0.3, -0.25) is 14.5 Å². The number of aliphatic carboxylic acids is 1. The molecule has 1 fully saturated rings. The lowest BCUT2D eigenvalue weighted by molar-refractivity contribution is -0.145. The molecule has 1 aromatic rings. The summed E-state index contributed by atoms with van der Waals surface area (Å²) < 4.78 is 0. The van der Waals surface area contributed by atoms with Crippen LogP contribution in [0.1, 0.15) is 17.1 Å². The van der Waals surface area contributed by atoms with Crippen LogP contribution in [0, 0.1) is 6.92 Å². The monoisotopic (exact) mass is 283 g/mol. The Morgan fingerprint density at radius 1 is 1.37 bits per heavy atom. The molecule has 19 heavy (non-hydrogen) atoms. The van der Waals surface area contributed by atoms with E-state index in [1.54, 1.807) is 16.2 Å². The minimum absolute atomic E-state index is 0.295. The number of carbonyl (C=O) groups is 2. The van der Waals surface area contributed by atoms with E-state index in [0.717, 1.165) is 30.3 Å². The van der Waals surface area contributed by atoms with Gasteiger partial charge in [0.05, 0.1) is 10.7 Å². The zero-order chi connectivity index (χ0) is 13.8. The van der Waals surface area contributed by atoms with Gasteiger partial charge in [0.15, 0.2) is 0 Å². The minimum atomic E-state index is -1.06. The van der Waals surface area contributed by atoms with Crippen LogP contribution in [0.25, 0.3) is 0 Å². The van der Waals surface area contributed by atoms with Gasteiger partial charge in [-0.05, 0) is 6.92 Å². The molecule has 6 nitrogen and oxygen atoms in total. The fourth-order valence-electron chi connectivity index (χ4n) is 2.11. The summed E-state index contributed by atoms with van der Waals surface area (Å²) >= 11 is 1.64. The molecule has 2 heterocycles. The van der Waals surface area contributed by atoms with E-state index in [-0.39, 0.29) is 5.91 Å². The van der Waals surface area contributed by atoms with Gasteiger partial charge in [0.25, 0.3) is 0 Å². The van der Waals surface area contributed by atoms with Crippen molar-refractivity contribution in [3.05, 3.63) is 16.1 Å². The number of thiazole rings is 1. The number of carbonyl (C=O) groups excluding carboxylic acids is 1. The molecule has 7 heteroatoms. The molecule has 0 spiro atoms. The first-order valence-electron chi connectivity index (χ1n) is 6.17. The average Bonchev–Trinajstić information content (AvgIpc) is 2.75. The molecule has 1 N–H and O–H groups in total. The van der Waals surface area contributed by atoms with Gasteiger partial charge in [-0.2, -0.15) is 0 Å². The smallest absolute Gasteiger partial charge is 0.312 e. The van der Waals surface area contributed by atoms with E-state index in [0.29, 0.717) is 13.1 Å². The Labute approximate surface area is 115 Å². The highest BCUT2D eigenvalue weighted by atomic mass is 32.1. The Kier molecular flexibility index (Phi) is 4.49. The number of piperazine rings is 1. The molecule has 1 aliphatic rings. The Bertz CT molecular complexity index is 467. The van der Waals surface area contributed by atoms with Crippen LogP contribution < -0.4 is 0 Å². The number of amides is 1. The largest absolute Gasteiger partial charge is 0.481 e. The Morgan fingerprint density at radius 2 is 2.05 bits per heavy atom. The summed E-state index contributed by atoms with van der Waals surface area (Å²) in [5, 5.41) is 11.7. The molecule has 1 aliphatic heterocycles. The Morgan fingerprint density at radius 3 is 2.58 bits per heavy atom. The Balaban J connectivity index is 1.79. The third-order valence-electron chi connectivity index (χ3n) is 3.08. The second-order valence-corrected chi connectivity index (χ2v) is 5.65. The molecule has 1 amide bonds. The third-order valence-corrected chi connectivity index (χ3v) is 3.90. The van der Waals surface area contributed by atoms with Crippen LogP contribution in [0.5, 0.6) is 0 Å². The van der Waals surface area contributed by atoms with Gasteiger partial charge < -0.3 is 10.0 Å². The maximum atomic E-state index is 11.6. The molecule has 0 radical (unpaired) electrons. The highest BCUT2D eigenvalue weighted by Crippen LogP contribution is 2.12. The molecule has 0 atom stereocenters. The first-order valence-corrected chi connectivity index (χ1v) is 7.05. The summed E-state index contributed by atoms with van der Waals surface area (Å²) in [6.45, 7) is 5.50. The number of hydrogen-bond donors (Lipinski definition) is 1. The maximum absolute atomic E-state index is 11.6. The first kappa shape index (κ1) is 14.0. The van der Waals surface area contributed by atoms with Crippen molar-refractivity contribution in [1.29, 1.82) is 0 Å². The average molecular weight is 283 g/mol. The van der Waals surface area contributed by atoms with Crippen LogP contribution in [-0.2, 0) is 16.1 Å². The molecule has 0 saturated carbocycles. The van der Waals surface area contributed by atoms with Gasteiger partial charge in [-0.15, -0.1) is 11.3 Å². The van der Waals surface area contributed by atoms with Crippen molar-refractivity contribution in [2.75, 3.05) is 26.2 Å². The quantitative estimate of drug-likeness (QED) is 0.818. The predicted octanol–water partition coefficient (Wildman–Crippen LogP) is 0.570. The van der Waals surface area contributed by atoms with E-state index in [4.69, 9.17) is 5.11 Å². The molecular weight excluding hydrogens is 266 g/mol. The van der Waals surface area contributed by atoms with E-state index in [1.165, 1.54) is 0 Å². The molecule has 1 aromatic heterocycles. The Hall–Kier alpha value is -1.47. The fourth-order valence-corrected chi connectivity index (χ4v) is 2.71. The van der Waals surface area contributed by atoms with Gasteiger partial charge in [0.1, 0.15) is 6.42 Å². The summed E-state index contributed by atoms with van der Waals surface area (Å²) in [6.07, 6.45) is -0.411. The van der Waals surface area contributed by atoms with E-state index in [9.17, 15) is 9.59 Å². The summed E-state index contributed by atoms with van der Waals surface area (Å²) in [5.74, 6) is -1.36. The number of hydrogen-bond acceptors (Lipinski definition) is 5. The van der Waals surface area contributed by atoms with Crippen molar-refractivity contribution in [3.63, 3.8) is 0 Å². The molecule has 104 valence electrons. The number of aryl methyl sites for hydroxylation is 1. The zero-order valence-electron chi connectivity index (χ0n) is 10.8. The molecular formula is C12H17N3O3S. The minimum Gasteiger partial charge on any atom is -0.481 e. The lowest BCUT2D eigenvalue weighted by atomic mass is 10.2. The van der Waals surface area contributed by atoms with Crippen molar-refractivity contribution < 1.29 is 14.7 Å². The first-order chi connectivity index (χ1) is 9.04. The van der Waals surface area contributed by atoms with Gasteiger partial charge in [0, 0.05) is 38.1 Å². The molecule has 0 unspecified atom stereocenters. The van der Waals surface area contributed by atoms with Gasteiger partial charge in [-0.25, -0.2) is 4.98 Å². The molecule has 1 saturated heterocycles. The van der Waals surface area contributed by atoms with E-state index in [2.05, 4.69) is 15.3 Å². The van der Waals surface area contributed by atoms with Crippen molar-refractivity contribution in [1.82, 2.24) is 14.8 Å². The van der Waals surface area contributed by atoms with Crippen LogP contribution in [0.2, 0.25) is 0 Å².